The van der Waals surface area contributed by atoms with Crippen LogP contribution in [0.2, 0.25) is 0 Å². The van der Waals surface area contributed by atoms with Crippen LogP contribution in [0, 0.1) is 5.92 Å². The average Bonchev–Trinajstić information content (AvgIpc) is 2.86. The van der Waals surface area contributed by atoms with Gasteiger partial charge in [0.15, 0.2) is 0 Å². The molecule has 1 heterocycles. The zero-order valence-corrected chi connectivity index (χ0v) is 14.3. The van der Waals surface area contributed by atoms with E-state index in [0.717, 1.165) is 23.4 Å². The van der Waals surface area contributed by atoms with Gasteiger partial charge >= 0.3 is 5.97 Å². The summed E-state index contributed by atoms with van der Waals surface area (Å²) in [5.41, 5.74) is 2.10. The van der Waals surface area contributed by atoms with E-state index in [1.807, 2.05) is 6.07 Å². The summed E-state index contributed by atoms with van der Waals surface area (Å²) in [7, 11) is 0. The van der Waals surface area contributed by atoms with Gasteiger partial charge in [0, 0.05) is 12.0 Å². The SMILES string of the molecule is CC(C)(C)c1nc2cc(C(=O)O)ccc2n1CC1CCCCC1. The fourth-order valence-corrected chi connectivity index (χ4v) is 3.65. The van der Waals surface area contributed by atoms with Crippen molar-refractivity contribution in [3.8, 4) is 0 Å². The van der Waals surface area contributed by atoms with Crippen molar-refractivity contribution < 1.29 is 9.90 Å². The standard InChI is InChI=1S/C19H26N2O2/c1-19(2,3)18-20-15-11-14(17(22)23)9-10-16(15)21(18)12-13-7-5-4-6-8-13/h9-11,13H,4-8,12H2,1-3H3,(H,22,23). The Morgan fingerprint density at radius 2 is 1.96 bits per heavy atom. The Morgan fingerprint density at radius 3 is 2.57 bits per heavy atom. The summed E-state index contributed by atoms with van der Waals surface area (Å²) in [6.45, 7) is 7.51. The molecule has 3 rings (SSSR count). The molecular weight excluding hydrogens is 288 g/mol. The number of nitrogens with zero attached hydrogens (tertiary/aromatic N) is 2. The number of carbonyl (C=O) groups is 1. The number of fused-ring (bicyclic) bond motifs is 1. The number of imidazole rings is 1. The van der Waals surface area contributed by atoms with Crippen molar-refractivity contribution in [2.24, 2.45) is 5.92 Å². The maximum Gasteiger partial charge on any atom is 0.335 e. The highest BCUT2D eigenvalue weighted by Crippen LogP contribution is 2.31. The second-order valence-electron chi connectivity index (χ2n) is 7.81. The van der Waals surface area contributed by atoms with E-state index >= 15 is 0 Å². The molecule has 0 amide bonds. The lowest BCUT2D eigenvalue weighted by Crippen LogP contribution is -2.22. The Morgan fingerprint density at radius 1 is 1.26 bits per heavy atom. The van der Waals surface area contributed by atoms with Crippen LogP contribution in [0.3, 0.4) is 0 Å². The Balaban J connectivity index is 2.06. The summed E-state index contributed by atoms with van der Waals surface area (Å²) in [6, 6.07) is 5.31. The molecule has 1 aliphatic carbocycles. The number of hydrogen-bond acceptors (Lipinski definition) is 2. The number of carboxylic acid groups (broad SMARTS) is 1. The van der Waals surface area contributed by atoms with Crippen LogP contribution >= 0.6 is 0 Å². The van der Waals surface area contributed by atoms with E-state index in [2.05, 4.69) is 25.3 Å². The minimum atomic E-state index is -0.897. The van der Waals surface area contributed by atoms with Gasteiger partial charge < -0.3 is 9.67 Å². The number of aromatic nitrogens is 2. The first kappa shape index (κ1) is 16.0. The zero-order chi connectivity index (χ0) is 16.6. The van der Waals surface area contributed by atoms with Crippen molar-refractivity contribution in [2.45, 2.75) is 64.8 Å². The maximum atomic E-state index is 11.2. The van der Waals surface area contributed by atoms with Gasteiger partial charge in [0.05, 0.1) is 16.6 Å². The van der Waals surface area contributed by atoms with E-state index in [9.17, 15) is 9.90 Å². The van der Waals surface area contributed by atoms with Crippen LogP contribution in [0.1, 0.15) is 69.1 Å². The van der Waals surface area contributed by atoms with Crippen LogP contribution in [-0.4, -0.2) is 20.6 Å². The summed E-state index contributed by atoms with van der Waals surface area (Å²) >= 11 is 0. The fraction of sp³-hybridized carbons (Fsp3) is 0.579. The molecule has 2 aromatic rings. The number of aromatic carboxylic acids is 1. The maximum absolute atomic E-state index is 11.2. The number of benzene rings is 1. The molecule has 4 nitrogen and oxygen atoms in total. The Labute approximate surface area is 137 Å². The van der Waals surface area contributed by atoms with Crippen molar-refractivity contribution in [3.63, 3.8) is 0 Å². The molecule has 1 aromatic heterocycles. The van der Waals surface area contributed by atoms with E-state index in [0.29, 0.717) is 11.5 Å². The predicted molar refractivity (Wildman–Crippen MR) is 92.0 cm³/mol. The lowest BCUT2D eigenvalue weighted by molar-refractivity contribution is 0.0697. The van der Waals surface area contributed by atoms with Gasteiger partial charge in [-0.1, -0.05) is 40.0 Å². The highest BCUT2D eigenvalue weighted by atomic mass is 16.4. The minimum absolute atomic E-state index is 0.0585. The highest BCUT2D eigenvalue weighted by Gasteiger charge is 2.25. The molecule has 1 N–H and O–H groups in total. The third-order valence-electron chi connectivity index (χ3n) is 4.83. The van der Waals surface area contributed by atoms with E-state index in [1.54, 1.807) is 12.1 Å². The molecular formula is C19H26N2O2. The molecule has 0 bridgehead atoms. The number of hydrogen-bond donors (Lipinski definition) is 1. The molecule has 1 fully saturated rings. The summed E-state index contributed by atoms with van der Waals surface area (Å²) in [6.07, 6.45) is 6.58. The molecule has 0 unspecified atom stereocenters. The highest BCUT2D eigenvalue weighted by molar-refractivity contribution is 5.92. The van der Waals surface area contributed by atoms with Crippen LogP contribution in [0.25, 0.3) is 11.0 Å². The second-order valence-corrected chi connectivity index (χ2v) is 7.81. The third kappa shape index (κ3) is 3.26. The molecule has 0 spiro atoms. The third-order valence-corrected chi connectivity index (χ3v) is 4.83. The molecule has 0 saturated heterocycles. The molecule has 23 heavy (non-hydrogen) atoms. The predicted octanol–water partition coefficient (Wildman–Crippen LogP) is 4.61. The van der Waals surface area contributed by atoms with Gasteiger partial charge in [0.2, 0.25) is 0 Å². The van der Waals surface area contributed by atoms with Gasteiger partial charge in [0.1, 0.15) is 5.82 Å². The summed E-state index contributed by atoms with van der Waals surface area (Å²) in [4.78, 5) is 16.0. The smallest absolute Gasteiger partial charge is 0.335 e. The van der Waals surface area contributed by atoms with Crippen molar-refractivity contribution in [3.05, 3.63) is 29.6 Å². The number of carboxylic acids is 1. The molecule has 1 aliphatic rings. The minimum Gasteiger partial charge on any atom is -0.478 e. The van der Waals surface area contributed by atoms with Gasteiger partial charge in [0.25, 0.3) is 0 Å². The Kier molecular flexibility index (Phi) is 4.17. The van der Waals surface area contributed by atoms with Crippen molar-refractivity contribution >= 4 is 17.0 Å². The normalized spacial score (nSPS) is 16.8. The second kappa shape index (κ2) is 5.99. The van der Waals surface area contributed by atoms with Gasteiger partial charge in [-0.05, 0) is 37.0 Å². The van der Waals surface area contributed by atoms with Crippen LogP contribution in [-0.2, 0) is 12.0 Å². The molecule has 1 saturated carbocycles. The lowest BCUT2D eigenvalue weighted by atomic mass is 9.88. The molecule has 0 atom stereocenters. The first-order valence-electron chi connectivity index (χ1n) is 8.60. The van der Waals surface area contributed by atoms with Crippen LogP contribution < -0.4 is 0 Å². The van der Waals surface area contributed by atoms with E-state index < -0.39 is 5.97 Å². The quantitative estimate of drug-likeness (QED) is 0.900. The molecule has 124 valence electrons. The molecule has 1 aromatic carbocycles. The molecule has 0 aliphatic heterocycles. The topological polar surface area (TPSA) is 55.1 Å². The van der Waals surface area contributed by atoms with E-state index in [1.165, 1.54) is 32.1 Å². The van der Waals surface area contributed by atoms with Gasteiger partial charge in [-0.25, -0.2) is 9.78 Å². The van der Waals surface area contributed by atoms with Crippen LogP contribution in [0.15, 0.2) is 18.2 Å². The van der Waals surface area contributed by atoms with Crippen LogP contribution in [0.5, 0.6) is 0 Å². The van der Waals surface area contributed by atoms with Crippen molar-refractivity contribution in [1.29, 1.82) is 0 Å². The number of rotatable bonds is 3. The first-order valence-corrected chi connectivity index (χ1v) is 8.60. The van der Waals surface area contributed by atoms with Gasteiger partial charge in [-0.15, -0.1) is 0 Å². The van der Waals surface area contributed by atoms with E-state index in [4.69, 9.17) is 4.98 Å². The van der Waals surface area contributed by atoms with Gasteiger partial charge in [-0.2, -0.15) is 0 Å². The fourth-order valence-electron chi connectivity index (χ4n) is 3.65. The van der Waals surface area contributed by atoms with Gasteiger partial charge in [-0.3, -0.25) is 0 Å². The summed E-state index contributed by atoms with van der Waals surface area (Å²) in [5.74, 6) is 0.869. The summed E-state index contributed by atoms with van der Waals surface area (Å²) in [5, 5.41) is 9.21. The average molecular weight is 314 g/mol. The van der Waals surface area contributed by atoms with Crippen molar-refractivity contribution in [1.82, 2.24) is 9.55 Å². The van der Waals surface area contributed by atoms with Crippen LogP contribution in [0.4, 0.5) is 0 Å². The molecule has 4 heteroatoms. The molecule has 0 radical (unpaired) electrons. The largest absolute Gasteiger partial charge is 0.478 e. The van der Waals surface area contributed by atoms with E-state index in [-0.39, 0.29) is 5.41 Å². The Bertz CT molecular complexity index is 719. The van der Waals surface area contributed by atoms with Crippen molar-refractivity contribution in [2.75, 3.05) is 0 Å². The summed E-state index contributed by atoms with van der Waals surface area (Å²) < 4.78 is 2.33. The lowest BCUT2D eigenvalue weighted by Gasteiger charge is -2.26. The monoisotopic (exact) mass is 314 g/mol. The first-order chi connectivity index (χ1) is 10.9. The Hall–Kier alpha value is -1.84. The zero-order valence-electron chi connectivity index (χ0n) is 14.3.